The Morgan fingerprint density at radius 3 is 2.55 bits per heavy atom. The Bertz CT molecular complexity index is 456. The second-order valence-corrected chi connectivity index (χ2v) is 5.19. The molecule has 0 aliphatic carbocycles. The van der Waals surface area contributed by atoms with Gasteiger partial charge >= 0.3 is 5.97 Å². The van der Waals surface area contributed by atoms with Gasteiger partial charge in [-0.15, -0.1) is 0 Å². The number of piperazine rings is 1. The second-order valence-electron chi connectivity index (χ2n) is 5.19. The van der Waals surface area contributed by atoms with E-state index in [0.717, 1.165) is 37.5 Å². The molecule has 110 valence electrons. The van der Waals surface area contributed by atoms with Crippen LogP contribution in [0.3, 0.4) is 0 Å². The first kappa shape index (κ1) is 14.8. The highest BCUT2D eigenvalue weighted by atomic mass is 16.5. The molecule has 1 saturated heterocycles. The first-order valence-corrected chi connectivity index (χ1v) is 6.89. The van der Waals surface area contributed by atoms with E-state index in [4.69, 9.17) is 4.74 Å². The Kier molecular flexibility index (Phi) is 4.98. The number of hydrogen-bond donors (Lipinski definition) is 1. The summed E-state index contributed by atoms with van der Waals surface area (Å²) >= 11 is 0. The van der Waals surface area contributed by atoms with Crippen molar-refractivity contribution >= 4 is 5.97 Å². The molecule has 1 aliphatic rings. The lowest BCUT2D eigenvalue weighted by molar-refractivity contribution is -0.138. The summed E-state index contributed by atoms with van der Waals surface area (Å²) in [7, 11) is 3.72. The van der Waals surface area contributed by atoms with Gasteiger partial charge in [0.1, 0.15) is 5.75 Å². The third kappa shape index (κ3) is 3.49. The molecule has 5 heteroatoms. The van der Waals surface area contributed by atoms with Crippen molar-refractivity contribution in [3.05, 3.63) is 29.8 Å². The second kappa shape index (κ2) is 6.72. The summed E-state index contributed by atoms with van der Waals surface area (Å²) in [6, 6.07) is 7.56. The maximum atomic E-state index is 11.2. The van der Waals surface area contributed by atoms with Gasteiger partial charge in [0.15, 0.2) is 0 Å². The fraction of sp³-hybridized carbons (Fsp3) is 0.533. The molecule has 1 N–H and O–H groups in total. The first-order valence-electron chi connectivity index (χ1n) is 6.89. The molecule has 1 fully saturated rings. The number of carbonyl (C=O) groups is 1. The molecule has 0 spiro atoms. The topological polar surface area (TPSA) is 53.0 Å². The molecule has 1 aliphatic heterocycles. The minimum absolute atomic E-state index is 0.101. The van der Waals surface area contributed by atoms with Gasteiger partial charge in [-0.25, -0.2) is 0 Å². The van der Waals surface area contributed by atoms with Crippen LogP contribution in [0.25, 0.3) is 0 Å². The molecule has 2 rings (SSSR count). The molecule has 0 saturated carbocycles. The molecule has 5 nitrogen and oxygen atoms in total. The number of benzene rings is 1. The SMILES string of the molecule is COc1ccccc1C(CC(=O)O)N1CCN(C)CC1. The summed E-state index contributed by atoms with van der Waals surface area (Å²) in [6.45, 7) is 3.69. The molecule has 1 atom stereocenters. The number of carboxylic acids is 1. The Morgan fingerprint density at radius 2 is 1.95 bits per heavy atom. The van der Waals surface area contributed by atoms with E-state index in [-0.39, 0.29) is 12.5 Å². The smallest absolute Gasteiger partial charge is 0.305 e. The molecule has 0 bridgehead atoms. The van der Waals surface area contributed by atoms with Crippen molar-refractivity contribution in [1.82, 2.24) is 9.80 Å². The van der Waals surface area contributed by atoms with Crippen LogP contribution in [0.5, 0.6) is 5.75 Å². The Balaban J connectivity index is 2.24. The number of nitrogens with zero attached hydrogens (tertiary/aromatic N) is 2. The van der Waals surface area contributed by atoms with Crippen LogP contribution in [-0.2, 0) is 4.79 Å². The van der Waals surface area contributed by atoms with Gasteiger partial charge in [0.2, 0.25) is 0 Å². The standard InChI is InChI=1S/C15H22N2O3/c1-16-7-9-17(10-8-16)13(11-15(18)19)12-5-3-4-6-14(12)20-2/h3-6,13H,7-11H2,1-2H3,(H,18,19). The van der Waals surface area contributed by atoms with Crippen molar-refractivity contribution in [2.24, 2.45) is 0 Å². The van der Waals surface area contributed by atoms with E-state index in [1.807, 2.05) is 24.3 Å². The molecule has 1 aromatic rings. The third-order valence-electron chi connectivity index (χ3n) is 3.84. The fourth-order valence-electron chi connectivity index (χ4n) is 2.68. The van der Waals surface area contributed by atoms with Crippen LogP contribution in [-0.4, -0.2) is 61.2 Å². The summed E-state index contributed by atoms with van der Waals surface area (Å²) < 4.78 is 5.39. The van der Waals surface area contributed by atoms with Gasteiger partial charge < -0.3 is 14.7 Å². The summed E-state index contributed by atoms with van der Waals surface area (Å²) in [5, 5.41) is 9.21. The third-order valence-corrected chi connectivity index (χ3v) is 3.84. The van der Waals surface area contributed by atoms with E-state index >= 15 is 0 Å². The van der Waals surface area contributed by atoms with Crippen LogP contribution >= 0.6 is 0 Å². The van der Waals surface area contributed by atoms with Crippen LogP contribution in [0.1, 0.15) is 18.0 Å². The maximum absolute atomic E-state index is 11.2. The van der Waals surface area contributed by atoms with E-state index in [9.17, 15) is 9.90 Å². The number of ether oxygens (including phenoxy) is 1. The summed E-state index contributed by atoms with van der Waals surface area (Å²) in [6.07, 6.45) is 0.101. The highest BCUT2D eigenvalue weighted by molar-refractivity contribution is 5.68. The summed E-state index contributed by atoms with van der Waals surface area (Å²) in [4.78, 5) is 15.7. The average Bonchev–Trinajstić information content (AvgIpc) is 2.45. The molecular weight excluding hydrogens is 256 g/mol. The predicted octanol–water partition coefficient (Wildman–Crippen LogP) is 1.46. The first-order chi connectivity index (χ1) is 9.61. The van der Waals surface area contributed by atoms with Gasteiger partial charge in [-0.2, -0.15) is 0 Å². The predicted molar refractivity (Wildman–Crippen MR) is 77.1 cm³/mol. The average molecular weight is 278 g/mol. The maximum Gasteiger partial charge on any atom is 0.305 e. The van der Waals surface area contributed by atoms with Crippen molar-refractivity contribution in [1.29, 1.82) is 0 Å². The van der Waals surface area contributed by atoms with Crippen molar-refractivity contribution in [2.75, 3.05) is 40.3 Å². The van der Waals surface area contributed by atoms with E-state index in [1.165, 1.54) is 0 Å². The zero-order chi connectivity index (χ0) is 14.5. The minimum atomic E-state index is -0.778. The van der Waals surface area contributed by atoms with E-state index in [0.29, 0.717) is 0 Å². The van der Waals surface area contributed by atoms with Gasteiger partial charge in [0.25, 0.3) is 0 Å². The largest absolute Gasteiger partial charge is 0.496 e. The number of hydrogen-bond acceptors (Lipinski definition) is 4. The molecule has 0 radical (unpaired) electrons. The highest BCUT2D eigenvalue weighted by Crippen LogP contribution is 2.32. The Labute approximate surface area is 119 Å². The highest BCUT2D eigenvalue weighted by Gasteiger charge is 2.27. The van der Waals surface area contributed by atoms with Crippen LogP contribution in [0.4, 0.5) is 0 Å². The van der Waals surface area contributed by atoms with Gasteiger partial charge in [-0.1, -0.05) is 18.2 Å². The number of likely N-dealkylation sites (N-methyl/N-ethyl adjacent to an activating group) is 1. The van der Waals surface area contributed by atoms with E-state index in [1.54, 1.807) is 7.11 Å². The molecular formula is C15H22N2O3. The van der Waals surface area contributed by atoms with Crippen molar-refractivity contribution in [3.63, 3.8) is 0 Å². The number of para-hydroxylation sites is 1. The van der Waals surface area contributed by atoms with Crippen LogP contribution in [0, 0.1) is 0 Å². The van der Waals surface area contributed by atoms with Crippen LogP contribution in [0.2, 0.25) is 0 Å². The lowest BCUT2D eigenvalue weighted by atomic mass is 10.00. The number of methoxy groups -OCH3 is 1. The molecule has 1 unspecified atom stereocenters. The quantitative estimate of drug-likeness (QED) is 0.883. The van der Waals surface area contributed by atoms with Gasteiger partial charge in [-0.3, -0.25) is 9.69 Å². The monoisotopic (exact) mass is 278 g/mol. The van der Waals surface area contributed by atoms with Crippen molar-refractivity contribution < 1.29 is 14.6 Å². The lowest BCUT2D eigenvalue weighted by Crippen LogP contribution is -2.46. The molecule has 20 heavy (non-hydrogen) atoms. The number of rotatable bonds is 5. The molecule has 0 aromatic heterocycles. The minimum Gasteiger partial charge on any atom is -0.496 e. The van der Waals surface area contributed by atoms with Crippen LogP contribution < -0.4 is 4.74 Å². The molecule has 0 amide bonds. The van der Waals surface area contributed by atoms with E-state index < -0.39 is 5.97 Å². The summed E-state index contributed by atoms with van der Waals surface area (Å²) in [5.74, 6) is -0.0162. The zero-order valence-electron chi connectivity index (χ0n) is 12.1. The van der Waals surface area contributed by atoms with Gasteiger partial charge in [-0.05, 0) is 13.1 Å². The van der Waals surface area contributed by atoms with Crippen LogP contribution in [0.15, 0.2) is 24.3 Å². The van der Waals surface area contributed by atoms with Gasteiger partial charge in [0.05, 0.1) is 13.5 Å². The van der Waals surface area contributed by atoms with Gasteiger partial charge in [0, 0.05) is 37.8 Å². The summed E-state index contributed by atoms with van der Waals surface area (Å²) in [5.41, 5.74) is 0.960. The zero-order valence-corrected chi connectivity index (χ0v) is 12.1. The Hall–Kier alpha value is -1.59. The molecule has 1 heterocycles. The normalized spacial score (nSPS) is 18.7. The number of carboxylic acid groups (broad SMARTS) is 1. The van der Waals surface area contributed by atoms with Crippen molar-refractivity contribution in [3.8, 4) is 5.75 Å². The molecule has 1 aromatic carbocycles. The van der Waals surface area contributed by atoms with E-state index in [2.05, 4.69) is 16.8 Å². The fourth-order valence-corrected chi connectivity index (χ4v) is 2.68. The lowest BCUT2D eigenvalue weighted by Gasteiger charge is -2.38. The van der Waals surface area contributed by atoms with Crippen molar-refractivity contribution in [2.45, 2.75) is 12.5 Å². The Morgan fingerprint density at radius 1 is 1.30 bits per heavy atom. The number of aliphatic carboxylic acids is 1.